The molecule has 1 amide bonds. The second kappa shape index (κ2) is 7.92. The van der Waals surface area contributed by atoms with E-state index < -0.39 is 4.92 Å². The van der Waals surface area contributed by atoms with Gasteiger partial charge in [0.2, 0.25) is 5.91 Å². The van der Waals surface area contributed by atoms with Gasteiger partial charge in [0.1, 0.15) is 12.4 Å². The quantitative estimate of drug-likeness (QED) is 0.615. The van der Waals surface area contributed by atoms with Gasteiger partial charge in [-0.2, -0.15) is 5.10 Å². The van der Waals surface area contributed by atoms with Gasteiger partial charge < -0.3 is 5.32 Å². The Kier molecular flexibility index (Phi) is 5.90. The highest BCUT2D eigenvalue weighted by atomic mass is 16.6. The van der Waals surface area contributed by atoms with E-state index in [0.29, 0.717) is 19.4 Å². The van der Waals surface area contributed by atoms with Crippen molar-refractivity contribution in [3.8, 4) is 0 Å². The number of carbonyl (C=O) groups is 1. The van der Waals surface area contributed by atoms with Crippen LogP contribution in [-0.2, 0) is 11.3 Å². The van der Waals surface area contributed by atoms with Crippen LogP contribution in [0.4, 0.5) is 5.69 Å². The minimum absolute atomic E-state index is 0.0366. The predicted molar refractivity (Wildman–Crippen MR) is 94.9 cm³/mol. The molecule has 0 spiro atoms. The van der Waals surface area contributed by atoms with Crippen LogP contribution in [0.3, 0.4) is 0 Å². The molecular weight excluding hydrogens is 320 g/mol. The third-order valence-electron chi connectivity index (χ3n) is 3.93. The van der Waals surface area contributed by atoms with Gasteiger partial charge in [-0.05, 0) is 17.4 Å². The largest absolute Gasteiger partial charge is 0.349 e. The zero-order valence-electron chi connectivity index (χ0n) is 14.8. The van der Waals surface area contributed by atoms with Crippen LogP contribution < -0.4 is 5.32 Å². The number of benzene rings is 1. The number of nitro groups is 1. The van der Waals surface area contributed by atoms with E-state index >= 15 is 0 Å². The number of nitrogens with zero attached hydrogens (tertiary/aromatic N) is 3. The van der Waals surface area contributed by atoms with Crippen LogP contribution >= 0.6 is 0 Å². The van der Waals surface area contributed by atoms with E-state index in [1.807, 2.05) is 30.3 Å². The van der Waals surface area contributed by atoms with Crippen molar-refractivity contribution in [2.75, 3.05) is 0 Å². The molecule has 0 bridgehead atoms. The number of hydrogen-bond acceptors (Lipinski definition) is 4. The molecule has 1 heterocycles. The summed E-state index contributed by atoms with van der Waals surface area (Å²) in [5, 5.41) is 17.7. The molecule has 0 aliphatic carbocycles. The van der Waals surface area contributed by atoms with Crippen molar-refractivity contribution in [1.29, 1.82) is 0 Å². The third-order valence-corrected chi connectivity index (χ3v) is 3.93. The number of carbonyl (C=O) groups excluding carboxylic acids is 1. The van der Waals surface area contributed by atoms with E-state index in [0.717, 1.165) is 5.56 Å². The van der Waals surface area contributed by atoms with Crippen molar-refractivity contribution in [3.05, 3.63) is 58.4 Å². The van der Waals surface area contributed by atoms with E-state index in [4.69, 9.17) is 0 Å². The lowest BCUT2D eigenvalue weighted by molar-refractivity contribution is -0.385. The molecule has 0 aliphatic rings. The SMILES string of the molecule is CC(C)(C)C(NC(=O)CCCn1cc([N+](=O)[O-])cn1)c1ccccc1. The monoisotopic (exact) mass is 344 g/mol. The van der Waals surface area contributed by atoms with Crippen molar-refractivity contribution in [2.24, 2.45) is 5.41 Å². The summed E-state index contributed by atoms with van der Waals surface area (Å²) in [6.45, 7) is 6.74. The molecule has 0 fully saturated rings. The van der Waals surface area contributed by atoms with E-state index in [1.165, 1.54) is 17.1 Å². The normalized spacial score (nSPS) is 12.6. The standard InChI is InChI=1S/C18H24N4O3/c1-18(2,3)17(14-8-5-4-6-9-14)20-16(23)10-7-11-21-13-15(12-19-21)22(24)25/h4-6,8-9,12-13,17H,7,10-11H2,1-3H3,(H,20,23). The Morgan fingerprint density at radius 3 is 2.56 bits per heavy atom. The van der Waals surface area contributed by atoms with Gasteiger partial charge >= 0.3 is 5.69 Å². The fourth-order valence-electron chi connectivity index (χ4n) is 2.65. The summed E-state index contributed by atoms with van der Waals surface area (Å²) >= 11 is 0. The minimum atomic E-state index is -0.482. The van der Waals surface area contributed by atoms with E-state index in [2.05, 4.69) is 31.2 Å². The molecule has 0 saturated heterocycles. The molecule has 0 saturated carbocycles. The van der Waals surface area contributed by atoms with E-state index in [1.54, 1.807) is 0 Å². The molecule has 1 unspecified atom stereocenters. The van der Waals surface area contributed by atoms with Gasteiger partial charge in [0, 0.05) is 13.0 Å². The van der Waals surface area contributed by atoms with Crippen LogP contribution in [0.1, 0.15) is 45.2 Å². The fraction of sp³-hybridized carbons (Fsp3) is 0.444. The van der Waals surface area contributed by atoms with Crippen LogP contribution in [0, 0.1) is 15.5 Å². The van der Waals surface area contributed by atoms with Gasteiger partial charge in [0.25, 0.3) is 0 Å². The van der Waals surface area contributed by atoms with Crippen LogP contribution in [0.5, 0.6) is 0 Å². The average molecular weight is 344 g/mol. The highest BCUT2D eigenvalue weighted by Gasteiger charge is 2.27. The molecule has 1 N–H and O–H groups in total. The molecule has 1 aromatic carbocycles. The third kappa shape index (κ3) is 5.41. The first kappa shape index (κ1) is 18.6. The molecule has 25 heavy (non-hydrogen) atoms. The number of hydrogen-bond donors (Lipinski definition) is 1. The maximum atomic E-state index is 12.3. The molecule has 134 valence electrons. The highest BCUT2D eigenvalue weighted by molar-refractivity contribution is 5.76. The summed E-state index contributed by atoms with van der Waals surface area (Å²) in [5.74, 6) is -0.0366. The molecular formula is C18H24N4O3. The molecule has 7 nitrogen and oxygen atoms in total. The average Bonchev–Trinajstić information content (AvgIpc) is 3.01. The Bertz CT molecular complexity index is 719. The second-order valence-corrected chi connectivity index (χ2v) is 7.10. The van der Waals surface area contributed by atoms with Crippen molar-refractivity contribution in [3.63, 3.8) is 0 Å². The number of nitrogens with one attached hydrogen (secondary N) is 1. The maximum absolute atomic E-state index is 12.3. The van der Waals surface area contributed by atoms with Gasteiger partial charge in [-0.15, -0.1) is 0 Å². The molecule has 1 atom stereocenters. The first-order valence-electron chi connectivity index (χ1n) is 8.28. The Morgan fingerprint density at radius 2 is 2.00 bits per heavy atom. The summed E-state index contributed by atoms with van der Waals surface area (Å²) in [6.07, 6.45) is 3.49. The fourth-order valence-corrected chi connectivity index (χ4v) is 2.65. The lowest BCUT2D eigenvalue weighted by Gasteiger charge is -2.32. The van der Waals surface area contributed by atoms with E-state index in [9.17, 15) is 14.9 Å². The lowest BCUT2D eigenvalue weighted by Crippen LogP contribution is -2.36. The summed E-state index contributed by atoms with van der Waals surface area (Å²) < 4.78 is 1.49. The number of amides is 1. The van der Waals surface area contributed by atoms with Crippen LogP contribution in [0.15, 0.2) is 42.7 Å². The zero-order valence-corrected chi connectivity index (χ0v) is 14.8. The molecule has 0 aliphatic heterocycles. The summed E-state index contributed by atoms with van der Waals surface area (Å²) in [7, 11) is 0. The Labute approximate surface area is 147 Å². The lowest BCUT2D eigenvalue weighted by atomic mass is 9.82. The molecule has 0 radical (unpaired) electrons. The Morgan fingerprint density at radius 1 is 1.32 bits per heavy atom. The van der Waals surface area contributed by atoms with E-state index in [-0.39, 0.29) is 23.1 Å². The molecule has 2 rings (SSSR count). The molecule has 1 aromatic heterocycles. The second-order valence-electron chi connectivity index (χ2n) is 7.10. The first-order chi connectivity index (χ1) is 11.8. The van der Waals surface area contributed by atoms with Gasteiger partial charge in [-0.1, -0.05) is 51.1 Å². The Balaban J connectivity index is 1.89. The minimum Gasteiger partial charge on any atom is -0.349 e. The van der Waals surface area contributed by atoms with Crippen LogP contribution in [0.2, 0.25) is 0 Å². The smallest absolute Gasteiger partial charge is 0.306 e. The summed E-state index contributed by atoms with van der Waals surface area (Å²) in [4.78, 5) is 22.5. The predicted octanol–water partition coefficient (Wildman–Crippen LogP) is 3.48. The van der Waals surface area contributed by atoms with Crippen LogP contribution in [0.25, 0.3) is 0 Å². The van der Waals surface area contributed by atoms with Crippen molar-refractivity contribution >= 4 is 11.6 Å². The first-order valence-corrected chi connectivity index (χ1v) is 8.28. The van der Waals surface area contributed by atoms with Crippen molar-refractivity contribution in [1.82, 2.24) is 15.1 Å². The van der Waals surface area contributed by atoms with Gasteiger partial charge in [0.15, 0.2) is 0 Å². The molecule has 7 heteroatoms. The van der Waals surface area contributed by atoms with Gasteiger partial charge in [0.05, 0.1) is 11.0 Å². The maximum Gasteiger partial charge on any atom is 0.306 e. The Hall–Kier alpha value is -2.70. The number of aromatic nitrogens is 2. The zero-order chi connectivity index (χ0) is 18.4. The summed E-state index contributed by atoms with van der Waals surface area (Å²) in [5.41, 5.74) is 0.923. The van der Waals surface area contributed by atoms with Crippen molar-refractivity contribution in [2.45, 2.75) is 46.2 Å². The topological polar surface area (TPSA) is 90.1 Å². The highest BCUT2D eigenvalue weighted by Crippen LogP contribution is 2.32. The van der Waals surface area contributed by atoms with Gasteiger partial charge in [-0.25, -0.2) is 0 Å². The molecule has 2 aromatic rings. The van der Waals surface area contributed by atoms with Crippen molar-refractivity contribution < 1.29 is 9.72 Å². The number of rotatable bonds is 7. The number of aryl methyl sites for hydroxylation is 1. The van der Waals surface area contributed by atoms with Crippen LogP contribution in [-0.4, -0.2) is 20.6 Å². The summed E-state index contributed by atoms with van der Waals surface area (Å²) in [6, 6.07) is 9.83. The van der Waals surface area contributed by atoms with Gasteiger partial charge in [-0.3, -0.25) is 19.6 Å².